The van der Waals surface area contributed by atoms with Gasteiger partial charge in [0, 0.05) is 23.6 Å². The Morgan fingerprint density at radius 3 is 2.45 bits per heavy atom. The third-order valence-corrected chi connectivity index (χ3v) is 8.72. The number of carbonyl (C=O) groups excluding carboxylic acids is 1. The molecule has 0 aliphatic heterocycles. The standard InChI is InChI=1S/C35H30F7N7O3S/c1-18-43-31(47-53(4)52)27-7-5-6-26(48(18)27)23-9-8-22(10-12-33(2,3)51)44-28(23)25(16-19-14-20(36)17-21(37)15-19)45-32(50)49-30-24(11-13-34(30,38)39)29(46-49)35(40,41)42/h5-9,14-15,17,25,47,51H,11,13,16H2,1-4H3,(H,45,50). The summed E-state index contributed by atoms with van der Waals surface area (Å²) < 4.78 is 117. The van der Waals surface area contributed by atoms with E-state index in [-0.39, 0.29) is 33.0 Å². The third kappa shape index (κ3) is 7.82. The summed E-state index contributed by atoms with van der Waals surface area (Å²) in [6, 6.07) is 7.57. The molecule has 1 aliphatic rings. The van der Waals surface area contributed by atoms with Crippen molar-refractivity contribution < 1.29 is 45.2 Å². The summed E-state index contributed by atoms with van der Waals surface area (Å²) in [4.78, 5) is 23.0. The number of aryl methyl sites for hydroxylation is 1. The van der Waals surface area contributed by atoms with Crippen molar-refractivity contribution in [1.29, 1.82) is 0 Å². The number of benzene rings is 1. The number of nitrogens with zero attached hydrogens (tertiary/aromatic N) is 5. The number of hydrogen-bond donors (Lipinski definition) is 3. The van der Waals surface area contributed by atoms with Crippen molar-refractivity contribution in [2.24, 2.45) is 0 Å². The highest BCUT2D eigenvalue weighted by Gasteiger charge is 2.51. The van der Waals surface area contributed by atoms with Crippen molar-refractivity contribution in [1.82, 2.24) is 29.5 Å². The lowest BCUT2D eigenvalue weighted by Crippen LogP contribution is -2.37. The number of aliphatic hydroxyl groups is 1. The van der Waals surface area contributed by atoms with Gasteiger partial charge < -0.3 is 15.0 Å². The van der Waals surface area contributed by atoms with E-state index in [9.17, 15) is 36.4 Å². The van der Waals surface area contributed by atoms with Gasteiger partial charge in [-0.3, -0.25) is 4.40 Å². The fourth-order valence-electron chi connectivity index (χ4n) is 6.21. The zero-order valence-electron chi connectivity index (χ0n) is 28.4. The lowest BCUT2D eigenvalue weighted by molar-refractivity contribution is -0.142. The largest absolute Gasteiger partial charge is 0.593 e. The second-order valence-corrected chi connectivity index (χ2v) is 14.0. The maximum atomic E-state index is 15.1. The molecule has 0 spiro atoms. The minimum absolute atomic E-state index is 0.0223. The van der Waals surface area contributed by atoms with E-state index in [1.165, 1.54) is 26.2 Å². The highest BCUT2D eigenvalue weighted by atomic mass is 32.2. The summed E-state index contributed by atoms with van der Waals surface area (Å²) in [7, 11) is 0. The van der Waals surface area contributed by atoms with E-state index in [1.807, 2.05) is 0 Å². The van der Waals surface area contributed by atoms with E-state index >= 15 is 8.78 Å². The fourth-order valence-corrected chi connectivity index (χ4v) is 6.63. The second kappa shape index (κ2) is 13.7. The molecule has 0 saturated heterocycles. The molecule has 4 aromatic heterocycles. The minimum atomic E-state index is -5.16. The van der Waals surface area contributed by atoms with Gasteiger partial charge in [-0.1, -0.05) is 12.0 Å². The van der Waals surface area contributed by atoms with E-state index in [2.05, 4.69) is 36.9 Å². The molecule has 278 valence electrons. The Morgan fingerprint density at radius 1 is 1.11 bits per heavy atom. The number of alkyl halides is 5. The van der Waals surface area contributed by atoms with Crippen LogP contribution in [-0.4, -0.2) is 51.7 Å². The lowest BCUT2D eigenvalue weighted by Gasteiger charge is -2.23. The predicted molar refractivity (Wildman–Crippen MR) is 180 cm³/mol. The molecule has 6 rings (SSSR count). The van der Waals surface area contributed by atoms with Gasteiger partial charge in [0.25, 0.3) is 5.92 Å². The zero-order chi connectivity index (χ0) is 38.6. The normalized spacial score (nSPS) is 15.1. The molecular weight excluding hydrogens is 731 g/mol. The molecule has 3 N–H and O–H groups in total. The van der Waals surface area contributed by atoms with Crippen LogP contribution in [0.15, 0.2) is 48.5 Å². The molecule has 0 fully saturated rings. The first-order valence-corrected chi connectivity index (χ1v) is 17.5. The number of aromatic nitrogens is 5. The number of hydrogen-bond acceptors (Lipinski definition) is 7. The molecule has 1 aromatic carbocycles. The smallest absolute Gasteiger partial charge is 0.435 e. The van der Waals surface area contributed by atoms with Crippen LogP contribution in [0.2, 0.25) is 0 Å². The number of carbonyl (C=O) groups is 1. The molecular formula is C35H30F7N7O3S. The van der Waals surface area contributed by atoms with E-state index in [0.717, 1.165) is 12.1 Å². The second-order valence-electron chi connectivity index (χ2n) is 12.9. The van der Waals surface area contributed by atoms with Crippen molar-refractivity contribution >= 4 is 28.7 Å². The van der Waals surface area contributed by atoms with Crippen molar-refractivity contribution in [3.8, 4) is 23.1 Å². The summed E-state index contributed by atoms with van der Waals surface area (Å²) in [5.74, 6) is 0.210. The van der Waals surface area contributed by atoms with Crippen molar-refractivity contribution in [2.45, 2.75) is 63.8 Å². The topological polar surface area (TPSA) is 132 Å². The molecule has 18 heteroatoms. The molecule has 1 amide bonds. The summed E-state index contributed by atoms with van der Waals surface area (Å²) in [5.41, 5.74) is -4.09. The molecule has 2 atom stereocenters. The molecule has 10 nitrogen and oxygen atoms in total. The number of rotatable bonds is 7. The molecule has 5 aromatic rings. The van der Waals surface area contributed by atoms with Crippen LogP contribution >= 0.6 is 0 Å². The van der Waals surface area contributed by atoms with Crippen LogP contribution in [0.5, 0.6) is 0 Å². The van der Waals surface area contributed by atoms with Gasteiger partial charge in [-0.05, 0) is 81.5 Å². The van der Waals surface area contributed by atoms with Crippen LogP contribution in [0.25, 0.3) is 16.8 Å². The molecule has 0 saturated carbocycles. The van der Waals surface area contributed by atoms with Gasteiger partial charge in [-0.15, -0.1) is 0 Å². The van der Waals surface area contributed by atoms with Gasteiger partial charge in [-0.2, -0.15) is 36.5 Å². The highest BCUT2D eigenvalue weighted by Crippen LogP contribution is 2.46. The molecule has 0 radical (unpaired) electrons. The van der Waals surface area contributed by atoms with Gasteiger partial charge in [0.2, 0.25) is 0 Å². The van der Waals surface area contributed by atoms with Crippen LogP contribution in [0, 0.1) is 30.4 Å². The van der Waals surface area contributed by atoms with Crippen LogP contribution in [0.3, 0.4) is 0 Å². The van der Waals surface area contributed by atoms with Crippen molar-refractivity contribution in [3.05, 3.63) is 99.9 Å². The molecule has 4 heterocycles. The Morgan fingerprint density at radius 2 is 1.81 bits per heavy atom. The molecule has 0 bridgehead atoms. The third-order valence-electron chi connectivity index (χ3n) is 8.24. The summed E-state index contributed by atoms with van der Waals surface area (Å²) in [6.45, 7) is 4.49. The van der Waals surface area contributed by atoms with E-state index in [4.69, 9.17) is 0 Å². The Labute approximate surface area is 300 Å². The lowest BCUT2D eigenvalue weighted by atomic mass is 9.96. The van der Waals surface area contributed by atoms with Gasteiger partial charge in [0.05, 0.1) is 34.3 Å². The number of nitrogens with one attached hydrogen (secondary N) is 2. The van der Waals surface area contributed by atoms with Crippen molar-refractivity contribution in [3.63, 3.8) is 0 Å². The average molecular weight is 762 g/mol. The Bertz CT molecular complexity index is 2280. The summed E-state index contributed by atoms with van der Waals surface area (Å²) in [5, 5.41) is 16.0. The first kappa shape index (κ1) is 37.6. The maximum Gasteiger partial charge on any atom is 0.435 e. The Kier molecular flexibility index (Phi) is 9.73. The number of pyridine rings is 2. The van der Waals surface area contributed by atoms with Crippen LogP contribution < -0.4 is 10.0 Å². The van der Waals surface area contributed by atoms with Crippen LogP contribution in [0.4, 0.5) is 41.3 Å². The van der Waals surface area contributed by atoms with Gasteiger partial charge in [0.15, 0.2) is 11.5 Å². The first-order chi connectivity index (χ1) is 24.7. The summed E-state index contributed by atoms with van der Waals surface area (Å²) >= 11 is -1.51. The fraction of sp³-hybridized carbons (Fsp3) is 0.314. The number of fused-ring (bicyclic) bond motifs is 2. The quantitative estimate of drug-likeness (QED) is 0.0967. The Hall–Kier alpha value is -5.12. The molecule has 2 unspecified atom stereocenters. The highest BCUT2D eigenvalue weighted by molar-refractivity contribution is 7.92. The number of halogens is 7. The van der Waals surface area contributed by atoms with E-state index < -0.39 is 89.0 Å². The number of anilines is 1. The molecule has 53 heavy (non-hydrogen) atoms. The van der Waals surface area contributed by atoms with Gasteiger partial charge in [0.1, 0.15) is 40.7 Å². The minimum Gasteiger partial charge on any atom is -0.593 e. The molecule has 1 aliphatic carbocycles. The van der Waals surface area contributed by atoms with Gasteiger partial charge >= 0.3 is 12.2 Å². The summed E-state index contributed by atoms with van der Waals surface area (Å²) in [6.07, 6.45) is -5.86. The monoisotopic (exact) mass is 761 g/mol. The van der Waals surface area contributed by atoms with Crippen LogP contribution in [0.1, 0.15) is 66.0 Å². The SMILES string of the molecule is Cc1nc(N[S+](C)[O-])c2cccc(-c3ccc(C#CC(C)(C)O)nc3C(Cc3cc(F)cc(F)c3)NC(=O)n3nc(C(F)(F)F)c4c3C(F)(F)CC4)n12. The Balaban J connectivity index is 1.58. The average Bonchev–Trinajstić information content (AvgIpc) is 3.69. The van der Waals surface area contributed by atoms with Crippen LogP contribution in [-0.2, 0) is 36.3 Å². The van der Waals surface area contributed by atoms with Gasteiger partial charge in [-0.25, -0.2) is 23.5 Å². The van der Waals surface area contributed by atoms with E-state index in [1.54, 1.807) is 35.6 Å². The zero-order valence-corrected chi connectivity index (χ0v) is 29.2. The number of amides is 1. The maximum absolute atomic E-state index is 15.1. The first-order valence-electron chi connectivity index (χ1n) is 15.9. The van der Waals surface area contributed by atoms with E-state index in [0.29, 0.717) is 23.1 Å². The van der Waals surface area contributed by atoms with Crippen molar-refractivity contribution in [2.75, 3.05) is 11.0 Å². The predicted octanol–water partition coefficient (Wildman–Crippen LogP) is 6.61. The number of imidazole rings is 1.